The maximum Gasteiger partial charge on any atom is 0.303 e. The lowest BCUT2D eigenvalue weighted by molar-refractivity contribution is -0.137. The molecule has 5 nitrogen and oxygen atoms in total. The lowest BCUT2D eigenvalue weighted by Crippen LogP contribution is -2.21. The monoisotopic (exact) mass is 259 g/mol. The van der Waals surface area contributed by atoms with Gasteiger partial charge in [0.15, 0.2) is 0 Å². The Hall–Kier alpha value is -2.09. The third-order valence-corrected chi connectivity index (χ3v) is 3.45. The number of aromatic nitrogens is 1. The van der Waals surface area contributed by atoms with Crippen LogP contribution < -0.4 is 4.90 Å². The van der Waals surface area contributed by atoms with Crippen LogP contribution in [-0.2, 0) is 4.79 Å². The predicted octanol–water partition coefficient (Wildman–Crippen LogP) is 1.95. The van der Waals surface area contributed by atoms with Crippen molar-refractivity contribution in [1.29, 1.82) is 5.26 Å². The highest BCUT2D eigenvalue weighted by Gasteiger charge is 2.24. The Balaban J connectivity index is 2.02. The minimum Gasteiger partial charge on any atom is -0.481 e. The standard InChI is InChI=1S/C14H17N3O2/c1-10-6-12(8-15)7-13(16-10)17-5-4-11(9-17)2-3-14(18)19/h6-7,11H,2-5,9H2,1H3,(H,18,19). The maximum atomic E-state index is 10.6. The molecule has 0 saturated carbocycles. The van der Waals surface area contributed by atoms with E-state index in [4.69, 9.17) is 10.4 Å². The van der Waals surface area contributed by atoms with Gasteiger partial charge in [-0.15, -0.1) is 0 Å². The Morgan fingerprint density at radius 1 is 1.63 bits per heavy atom. The molecule has 19 heavy (non-hydrogen) atoms. The molecule has 1 aliphatic rings. The number of rotatable bonds is 4. The van der Waals surface area contributed by atoms with Gasteiger partial charge in [-0.3, -0.25) is 4.79 Å². The highest BCUT2D eigenvalue weighted by molar-refractivity contribution is 5.66. The van der Waals surface area contributed by atoms with Gasteiger partial charge in [-0.05, 0) is 37.8 Å². The molecule has 0 amide bonds. The van der Waals surface area contributed by atoms with Gasteiger partial charge >= 0.3 is 5.97 Å². The van der Waals surface area contributed by atoms with Crippen LogP contribution in [0.1, 0.15) is 30.5 Å². The summed E-state index contributed by atoms with van der Waals surface area (Å²) in [4.78, 5) is 17.2. The number of aryl methyl sites for hydroxylation is 1. The first kappa shape index (κ1) is 13.3. The van der Waals surface area contributed by atoms with Crippen LogP contribution in [0.15, 0.2) is 12.1 Å². The molecule has 5 heteroatoms. The molecule has 100 valence electrons. The van der Waals surface area contributed by atoms with Crippen LogP contribution in [0.3, 0.4) is 0 Å². The zero-order valence-electron chi connectivity index (χ0n) is 11.0. The molecule has 1 N–H and O–H groups in total. The molecule has 1 unspecified atom stereocenters. The smallest absolute Gasteiger partial charge is 0.303 e. The van der Waals surface area contributed by atoms with Gasteiger partial charge < -0.3 is 10.0 Å². The van der Waals surface area contributed by atoms with Crippen LogP contribution in [-0.4, -0.2) is 29.1 Å². The minimum absolute atomic E-state index is 0.225. The zero-order valence-corrected chi connectivity index (χ0v) is 11.0. The summed E-state index contributed by atoms with van der Waals surface area (Å²) in [6.07, 6.45) is 1.93. The van der Waals surface area contributed by atoms with Crippen molar-refractivity contribution < 1.29 is 9.90 Å². The third-order valence-electron chi connectivity index (χ3n) is 3.45. The van der Waals surface area contributed by atoms with E-state index in [2.05, 4.69) is 16.0 Å². The first-order valence-corrected chi connectivity index (χ1v) is 6.44. The first-order valence-electron chi connectivity index (χ1n) is 6.44. The number of hydrogen-bond acceptors (Lipinski definition) is 4. The highest BCUT2D eigenvalue weighted by Crippen LogP contribution is 2.26. The Morgan fingerprint density at radius 3 is 3.11 bits per heavy atom. The van der Waals surface area contributed by atoms with E-state index >= 15 is 0 Å². The van der Waals surface area contributed by atoms with Gasteiger partial charge in [0.25, 0.3) is 0 Å². The normalized spacial score (nSPS) is 18.3. The van der Waals surface area contributed by atoms with Gasteiger partial charge in [0.1, 0.15) is 5.82 Å². The lowest BCUT2D eigenvalue weighted by atomic mass is 10.0. The molecule has 1 aromatic rings. The number of carboxylic acid groups (broad SMARTS) is 1. The molecule has 1 aromatic heterocycles. The molecule has 1 atom stereocenters. The summed E-state index contributed by atoms with van der Waals surface area (Å²) in [6, 6.07) is 5.70. The van der Waals surface area contributed by atoms with Crippen molar-refractivity contribution in [2.45, 2.75) is 26.2 Å². The van der Waals surface area contributed by atoms with E-state index in [1.807, 2.05) is 6.92 Å². The molecule has 2 heterocycles. The molecule has 0 bridgehead atoms. The fraction of sp³-hybridized carbons (Fsp3) is 0.500. The second-order valence-corrected chi connectivity index (χ2v) is 5.00. The van der Waals surface area contributed by atoms with Gasteiger partial charge in [0.05, 0.1) is 11.6 Å². The average molecular weight is 259 g/mol. The van der Waals surface area contributed by atoms with E-state index in [0.29, 0.717) is 17.9 Å². The molecule has 1 aliphatic heterocycles. The van der Waals surface area contributed by atoms with Crippen LogP contribution in [0.25, 0.3) is 0 Å². The molecule has 0 aromatic carbocycles. The second-order valence-electron chi connectivity index (χ2n) is 5.00. The van der Waals surface area contributed by atoms with E-state index in [1.165, 1.54) is 0 Å². The number of aliphatic carboxylic acids is 1. The van der Waals surface area contributed by atoms with Crippen LogP contribution >= 0.6 is 0 Å². The first-order chi connectivity index (χ1) is 9.08. The number of pyridine rings is 1. The van der Waals surface area contributed by atoms with Gasteiger partial charge in [-0.1, -0.05) is 0 Å². The van der Waals surface area contributed by atoms with E-state index in [1.54, 1.807) is 12.1 Å². The number of carboxylic acids is 1. The van der Waals surface area contributed by atoms with Crippen molar-refractivity contribution in [2.24, 2.45) is 5.92 Å². The Bertz CT molecular complexity index is 522. The third kappa shape index (κ3) is 3.44. The average Bonchev–Trinajstić information content (AvgIpc) is 2.84. The lowest BCUT2D eigenvalue weighted by Gasteiger charge is -2.18. The van der Waals surface area contributed by atoms with E-state index in [0.717, 1.165) is 31.0 Å². The molecule has 0 spiro atoms. The molecule has 0 aliphatic carbocycles. The van der Waals surface area contributed by atoms with Gasteiger partial charge in [-0.25, -0.2) is 4.98 Å². The van der Waals surface area contributed by atoms with Crippen molar-refractivity contribution in [2.75, 3.05) is 18.0 Å². The van der Waals surface area contributed by atoms with Crippen molar-refractivity contribution >= 4 is 11.8 Å². The Morgan fingerprint density at radius 2 is 2.42 bits per heavy atom. The van der Waals surface area contributed by atoms with E-state index in [9.17, 15) is 4.79 Å². The number of hydrogen-bond donors (Lipinski definition) is 1. The van der Waals surface area contributed by atoms with Crippen LogP contribution in [0, 0.1) is 24.2 Å². The van der Waals surface area contributed by atoms with Crippen molar-refractivity contribution in [3.05, 3.63) is 23.4 Å². The topological polar surface area (TPSA) is 77.2 Å². The summed E-state index contributed by atoms with van der Waals surface area (Å²) < 4.78 is 0. The summed E-state index contributed by atoms with van der Waals surface area (Å²) in [5.74, 6) is 0.497. The largest absolute Gasteiger partial charge is 0.481 e. The maximum absolute atomic E-state index is 10.6. The number of carbonyl (C=O) groups is 1. The molecule has 2 rings (SSSR count). The van der Waals surface area contributed by atoms with Crippen molar-refractivity contribution in [3.8, 4) is 6.07 Å². The molecule has 1 saturated heterocycles. The summed E-state index contributed by atoms with van der Waals surface area (Å²) in [7, 11) is 0. The quantitative estimate of drug-likeness (QED) is 0.894. The molecule has 0 radical (unpaired) electrons. The fourth-order valence-corrected chi connectivity index (χ4v) is 2.48. The van der Waals surface area contributed by atoms with Gasteiger partial charge in [-0.2, -0.15) is 5.26 Å². The zero-order chi connectivity index (χ0) is 13.8. The summed E-state index contributed by atoms with van der Waals surface area (Å²) in [5, 5.41) is 17.7. The van der Waals surface area contributed by atoms with Gasteiger partial charge in [0.2, 0.25) is 0 Å². The fourth-order valence-electron chi connectivity index (χ4n) is 2.48. The van der Waals surface area contributed by atoms with Crippen LogP contribution in [0.4, 0.5) is 5.82 Å². The molecular formula is C14H17N3O2. The summed E-state index contributed by atoms with van der Waals surface area (Å²) >= 11 is 0. The molecule has 1 fully saturated rings. The molecular weight excluding hydrogens is 242 g/mol. The Labute approximate surface area is 112 Å². The van der Waals surface area contributed by atoms with Crippen molar-refractivity contribution in [3.63, 3.8) is 0 Å². The Kier molecular flexibility index (Phi) is 4.00. The van der Waals surface area contributed by atoms with E-state index < -0.39 is 5.97 Å². The summed E-state index contributed by atoms with van der Waals surface area (Å²) in [5.41, 5.74) is 1.46. The van der Waals surface area contributed by atoms with Crippen LogP contribution in [0.5, 0.6) is 0 Å². The van der Waals surface area contributed by atoms with Crippen LogP contribution in [0.2, 0.25) is 0 Å². The predicted molar refractivity (Wildman–Crippen MR) is 70.9 cm³/mol. The number of nitriles is 1. The number of nitrogens with zero attached hydrogens (tertiary/aromatic N) is 3. The highest BCUT2D eigenvalue weighted by atomic mass is 16.4. The summed E-state index contributed by atoms with van der Waals surface area (Å²) in [6.45, 7) is 3.59. The van der Waals surface area contributed by atoms with Gasteiger partial charge in [0, 0.05) is 25.2 Å². The number of anilines is 1. The van der Waals surface area contributed by atoms with Crippen molar-refractivity contribution in [1.82, 2.24) is 4.98 Å². The minimum atomic E-state index is -0.737. The second kappa shape index (κ2) is 5.70. The van der Waals surface area contributed by atoms with E-state index in [-0.39, 0.29) is 6.42 Å². The SMILES string of the molecule is Cc1cc(C#N)cc(N2CCC(CCC(=O)O)C2)n1.